The van der Waals surface area contributed by atoms with Crippen molar-refractivity contribution in [1.82, 2.24) is 14.8 Å². The number of benzene rings is 1. The molecule has 0 fully saturated rings. The molecule has 0 saturated heterocycles. The molecule has 3 aromatic rings. The Bertz CT molecular complexity index is 1080. The van der Waals surface area contributed by atoms with E-state index in [1.807, 2.05) is 25.1 Å². The molecule has 2 heterocycles. The zero-order valence-corrected chi connectivity index (χ0v) is 17.8. The Balaban J connectivity index is 0.00000107. The third-order valence-corrected chi connectivity index (χ3v) is 4.60. The number of ether oxygens (including phenoxy) is 1. The summed E-state index contributed by atoms with van der Waals surface area (Å²) in [5, 5.41) is 17.5. The van der Waals surface area contributed by atoms with Gasteiger partial charge in [0.05, 0.1) is 12.3 Å². The molecule has 2 aromatic heterocycles. The average molecular weight is 447 g/mol. The number of aryl methyl sites for hydroxylation is 1. The summed E-state index contributed by atoms with van der Waals surface area (Å²) in [6.45, 7) is 2.20. The Labute approximate surface area is 183 Å². The quantitative estimate of drug-likeness (QED) is 0.479. The fraction of sp³-hybridized carbons (Fsp3) is 0.238. The normalized spacial score (nSPS) is 10.2. The molecule has 0 spiro atoms. The van der Waals surface area contributed by atoms with Crippen LogP contribution >= 0.6 is 11.6 Å². The molecule has 3 N–H and O–H groups in total. The summed E-state index contributed by atoms with van der Waals surface area (Å²) in [6, 6.07) is 12.3. The predicted molar refractivity (Wildman–Crippen MR) is 117 cm³/mol. The Hall–Kier alpha value is -3.43. The molecule has 0 saturated carbocycles. The number of aromatic amines is 1. The molecular weight excluding hydrogens is 424 g/mol. The molecule has 0 aliphatic rings. The van der Waals surface area contributed by atoms with Crippen LogP contribution in [0.2, 0.25) is 5.02 Å². The van der Waals surface area contributed by atoms with Crippen LogP contribution in [0.1, 0.15) is 17.8 Å². The number of nitrogens with one attached hydrogen (secondary N) is 2. The molecule has 10 heteroatoms. The molecule has 0 aliphatic heterocycles. The third-order valence-electron chi connectivity index (χ3n) is 4.35. The van der Waals surface area contributed by atoms with Gasteiger partial charge in [-0.25, -0.2) is 0 Å². The van der Waals surface area contributed by atoms with Gasteiger partial charge in [-0.05, 0) is 30.7 Å². The number of carboxylic acid groups (broad SMARTS) is 1. The molecule has 3 rings (SSSR count). The highest BCUT2D eigenvalue weighted by Crippen LogP contribution is 2.31. The summed E-state index contributed by atoms with van der Waals surface area (Å²) in [4.78, 5) is 32.8. The van der Waals surface area contributed by atoms with E-state index in [9.17, 15) is 9.59 Å². The lowest BCUT2D eigenvalue weighted by Crippen LogP contribution is -2.24. The van der Waals surface area contributed by atoms with Gasteiger partial charge in [0, 0.05) is 42.4 Å². The van der Waals surface area contributed by atoms with Crippen LogP contribution in [-0.2, 0) is 27.5 Å². The number of hydrogen-bond donors (Lipinski definition) is 3. The number of hydrogen-bond acceptors (Lipinski definition) is 5. The molecule has 1 amide bonds. The van der Waals surface area contributed by atoms with E-state index in [0.29, 0.717) is 24.0 Å². The SMILES string of the molecule is COCc1[nH]nc(NC(=O)CCn2c(C)cccc2=O)c1-c1ccc(Cl)cc1.O=CO. The first kappa shape index (κ1) is 23.8. The Morgan fingerprint density at radius 2 is 1.97 bits per heavy atom. The summed E-state index contributed by atoms with van der Waals surface area (Å²) < 4.78 is 6.79. The van der Waals surface area contributed by atoms with E-state index < -0.39 is 0 Å². The fourth-order valence-electron chi connectivity index (χ4n) is 2.96. The van der Waals surface area contributed by atoms with Crippen molar-refractivity contribution in [2.45, 2.75) is 26.5 Å². The molecule has 31 heavy (non-hydrogen) atoms. The van der Waals surface area contributed by atoms with Gasteiger partial charge in [-0.15, -0.1) is 0 Å². The van der Waals surface area contributed by atoms with Gasteiger partial charge in [-0.1, -0.05) is 29.8 Å². The Morgan fingerprint density at radius 3 is 2.58 bits per heavy atom. The van der Waals surface area contributed by atoms with Crippen molar-refractivity contribution in [3.05, 3.63) is 69.2 Å². The zero-order chi connectivity index (χ0) is 22.8. The maximum absolute atomic E-state index is 12.5. The van der Waals surface area contributed by atoms with Gasteiger partial charge < -0.3 is 19.7 Å². The smallest absolute Gasteiger partial charge is 0.290 e. The number of amides is 1. The standard InChI is InChI=1S/C20H21ClN4O3.CH2O2/c1-13-4-3-5-18(27)25(13)11-10-17(26)22-20-19(16(12-28-2)23-24-20)14-6-8-15(21)9-7-14;2-1-3/h3-9H,10-12H2,1-2H3,(H2,22,23,24,26);1H,(H,2,3). The van der Waals surface area contributed by atoms with Crippen LogP contribution in [0.15, 0.2) is 47.3 Å². The monoisotopic (exact) mass is 446 g/mol. The van der Waals surface area contributed by atoms with Crippen molar-refractivity contribution in [1.29, 1.82) is 0 Å². The number of H-pyrrole nitrogens is 1. The van der Waals surface area contributed by atoms with Crippen LogP contribution in [0, 0.1) is 6.92 Å². The second kappa shape index (κ2) is 11.7. The first-order chi connectivity index (χ1) is 14.9. The highest BCUT2D eigenvalue weighted by atomic mass is 35.5. The third kappa shape index (κ3) is 6.53. The Morgan fingerprint density at radius 1 is 1.29 bits per heavy atom. The summed E-state index contributed by atoms with van der Waals surface area (Å²) >= 11 is 5.98. The maximum atomic E-state index is 12.5. The topological polar surface area (TPSA) is 126 Å². The van der Waals surface area contributed by atoms with Crippen molar-refractivity contribution in [3.8, 4) is 11.1 Å². The maximum Gasteiger partial charge on any atom is 0.290 e. The van der Waals surface area contributed by atoms with E-state index in [-0.39, 0.29) is 24.4 Å². The molecule has 0 radical (unpaired) electrons. The van der Waals surface area contributed by atoms with Crippen LogP contribution in [-0.4, -0.2) is 39.4 Å². The largest absolute Gasteiger partial charge is 0.483 e. The van der Waals surface area contributed by atoms with Crippen molar-refractivity contribution in [3.63, 3.8) is 0 Å². The second-order valence-electron chi connectivity index (χ2n) is 6.43. The zero-order valence-electron chi connectivity index (χ0n) is 17.1. The van der Waals surface area contributed by atoms with E-state index in [2.05, 4.69) is 15.5 Å². The van der Waals surface area contributed by atoms with Gasteiger partial charge >= 0.3 is 0 Å². The van der Waals surface area contributed by atoms with Crippen LogP contribution in [0.5, 0.6) is 0 Å². The number of methoxy groups -OCH3 is 1. The number of nitrogens with zero attached hydrogens (tertiary/aromatic N) is 2. The van der Waals surface area contributed by atoms with Crippen LogP contribution in [0.4, 0.5) is 5.82 Å². The predicted octanol–water partition coefficient (Wildman–Crippen LogP) is 3.08. The van der Waals surface area contributed by atoms with Crippen LogP contribution in [0.3, 0.4) is 0 Å². The van der Waals surface area contributed by atoms with Crippen LogP contribution in [0.25, 0.3) is 11.1 Å². The van der Waals surface area contributed by atoms with Crippen molar-refractivity contribution >= 4 is 29.8 Å². The average Bonchev–Trinajstić information content (AvgIpc) is 3.11. The summed E-state index contributed by atoms with van der Waals surface area (Å²) in [6.07, 6.45) is 0.150. The van der Waals surface area contributed by atoms with Gasteiger partial charge in [0.1, 0.15) is 0 Å². The first-order valence-corrected chi connectivity index (χ1v) is 9.65. The summed E-state index contributed by atoms with van der Waals surface area (Å²) in [5.74, 6) is 0.178. The summed E-state index contributed by atoms with van der Waals surface area (Å²) in [5.41, 5.74) is 3.03. The molecule has 0 unspecified atom stereocenters. The number of carbonyl (C=O) groups is 2. The lowest BCUT2D eigenvalue weighted by atomic mass is 10.1. The molecule has 164 valence electrons. The minimum Gasteiger partial charge on any atom is -0.483 e. The van der Waals surface area contributed by atoms with Gasteiger partial charge in [0.15, 0.2) is 5.82 Å². The van der Waals surface area contributed by atoms with E-state index >= 15 is 0 Å². The molecule has 1 aromatic carbocycles. The number of carbonyl (C=O) groups excluding carboxylic acids is 1. The number of aromatic nitrogens is 3. The molecular formula is C21H23ClN4O5. The molecule has 0 bridgehead atoms. The second-order valence-corrected chi connectivity index (χ2v) is 6.86. The van der Waals surface area contributed by atoms with Crippen molar-refractivity contribution in [2.24, 2.45) is 0 Å². The number of halogens is 1. The molecule has 9 nitrogen and oxygen atoms in total. The molecule has 0 aliphatic carbocycles. The lowest BCUT2D eigenvalue weighted by molar-refractivity contribution is -0.123. The highest BCUT2D eigenvalue weighted by molar-refractivity contribution is 6.30. The van der Waals surface area contributed by atoms with E-state index in [1.54, 1.807) is 29.9 Å². The summed E-state index contributed by atoms with van der Waals surface area (Å²) in [7, 11) is 1.59. The van der Waals surface area contributed by atoms with E-state index in [1.165, 1.54) is 6.07 Å². The first-order valence-electron chi connectivity index (χ1n) is 9.27. The van der Waals surface area contributed by atoms with E-state index in [0.717, 1.165) is 22.5 Å². The highest BCUT2D eigenvalue weighted by Gasteiger charge is 2.17. The Kier molecular flexibility index (Phi) is 8.98. The van der Waals surface area contributed by atoms with E-state index in [4.69, 9.17) is 26.2 Å². The number of pyridine rings is 1. The van der Waals surface area contributed by atoms with Gasteiger partial charge in [-0.2, -0.15) is 5.10 Å². The van der Waals surface area contributed by atoms with Gasteiger partial charge in [0.2, 0.25) is 5.91 Å². The van der Waals surface area contributed by atoms with Gasteiger partial charge in [-0.3, -0.25) is 19.5 Å². The lowest BCUT2D eigenvalue weighted by Gasteiger charge is -2.10. The molecule has 0 atom stereocenters. The fourth-order valence-corrected chi connectivity index (χ4v) is 3.09. The minimum absolute atomic E-state index is 0.128. The van der Waals surface area contributed by atoms with Gasteiger partial charge in [0.25, 0.3) is 12.0 Å². The van der Waals surface area contributed by atoms with Crippen molar-refractivity contribution < 1.29 is 19.4 Å². The van der Waals surface area contributed by atoms with Crippen LogP contribution < -0.4 is 10.9 Å². The number of rotatable bonds is 7. The van der Waals surface area contributed by atoms with Crippen molar-refractivity contribution in [2.75, 3.05) is 12.4 Å². The number of anilines is 1. The minimum atomic E-state index is -0.250.